The highest BCUT2D eigenvalue weighted by Gasteiger charge is 2.37. The van der Waals surface area contributed by atoms with Crippen LogP contribution in [0.15, 0.2) is 0 Å². The van der Waals surface area contributed by atoms with Crippen molar-refractivity contribution >= 4 is 17.3 Å². The van der Waals surface area contributed by atoms with Crippen molar-refractivity contribution in [3.63, 3.8) is 0 Å². The van der Waals surface area contributed by atoms with Crippen molar-refractivity contribution in [2.45, 2.75) is 95.5 Å². The number of hydrogen-bond donors (Lipinski definition) is 3. The van der Waals surface area contributed by atoms with Crippen LogP contribution in [0.3, 0.4) is 0 Å². The molecule has 0 unspecified atom stereocenters. The molecule has 1 aliphatic heterocycles. The number of rotatable bonds is 12. The largest absolute Gasteiger partial charge is 0.484 e. The first-order valence-corrected chi connectivity index (χ1v) is 9.78. The lowest BCUT2D eigenvalue weighted by molar-refractivity contribution is -0.193. The van der Waals surface area contributed by atoms with E-state index in [1.165, 1.54) is 44.9 Å². The van der Waals surface area contributed by atoms with E-state index >= 15 is 0 Å². The molecule has 0 amide bonds. The molecule has 0 aromatic rings. The van der Waals surface area contributed by atoms with Gasteiger partial charge in [-0.1, -0.05) is 58.3 Å². The fourth-order valence-electron chi connectivity index (χ4n) is 2.84. The molecule has 1 fully saturated rings. The van der Waals surface area contributed by atoms with Crippen LogP contribution in [-0.4, -0.2) is 58.0 Å². The number of thiocarbonyl (C=S) groups is 1. The number of ether oxygens (including phenoxy) is 2. The number of aliphatic hydroxyl groups excluding tert-OH is 3. The predicted molar refractivity (Wildman–Crippen MR) is 98.2 cm³/mol. The molecular weight excluding hydrogens is 328 g/mol. The maximum atomic E-state index is 9.81. The van der Waals surface area contributed by atoms with Gasteiger partial charge in [0, 0.05) is 6.42 Å². The lowest BCUT2D eigenvalue weighted by atomic mass is 10.0. The Morgan fingerprint density at radius 2 is 1.54 bits per heavy atom. The van der Waals surface area contributed by atoms with Gasteiger partial charge in [-0.3, -0.25) is 0 Å². The lowest BCUT2D eigenvalue weighted by Crippen LogP contribution is -2.54. The van der Waals surface area contributed by atoms with Gasteiger partial charge in [-0.25, -0.2) is 0 Å². The summed E-state index contributed by atoms with van der Waals surface area (Å²) in [5.41, 5.74) is 0. The van der Waals surface area contributed by atoms with Crippen LogP contribution in [0.5, 0.6) is 0 Å². The van der Waals surface area contributed by atoms with Crippen molar-refractivity contribution in [2.24, 2.45) is 0 Å². The fraction of sp³-hybridized carbons (Fsp3) is 0.944. The molecule has 142 valence electrons. The first-order valence-electron chi connectivity index (χ1n) is 9.37. The number of unbranched alkanes of at least 4 members (excludes halogenated alkanes) is 8. The summed E-state index contributed by atoms with van der Waals surface area (Å²) < 4.78 is 10.7. The van der Waals surface area contributed by atoms with Gasteiger partial charge < -0.3 is 24.8 Å². The monoisotopic (exact) mass is 362 g/mol. The standard InChI is InChI=1S/C18H34O5S/c1-2-3-4-5-6-7-8-9-10-11-16(24)23-13-15-18(21)17(20)14(19)12-22-15/h14-15,17-21H,2-13H2,1H3/t14-,15+,17+,18+/m0/s1. The quantitative estimate of drug-likeness (QED) is 0.366. The molecule has 4 atom stereocenters. The van der Waals surface area contributed by atoms with Gasteiger partial charge in [0.2, 0.25) is 0 Å². The van der Waals surface area contributed by atoms with Crippen LogP contribution in [0, 0.1) is 0 Å². The van der Waals surface area contributed by atoms with Crippen LogP contribution >= 0.6 is 12.2 Å². The van der Waals surface area contributed by atoms with Crippen molar-refractivity contribution in [1.29, 1.82) is 0 Å². The smallest absolute Gasteiger partial charge is 0.159 e. The number of aliphatic hydroxyl groups is 3. The van der Waals surface area contributed by atoms with Gasteiger partial charge in [0.15, 0.2) is 5.05 Å². The second-order valence-corrected chi connectivity index (χ2v) is 7.14. The normalized spacial score (nSPS) is 27.2. The molecule has 24 heavy (non-hydrogen) atoms. The molecule has 1 saturated heterocycles. The third-order valence-corrected chi connectivity index (χ3v) is 4.82. The van der Waals surface area contributed by atoms with Gasteiger partial charge in [0.05, 0.1) is 6.61 Å². The Balaban J connectivity index is 1.98. The van der Waals surface area contributed by atoms with Crippen LogP contribution < -0.4 is 0 Å². The Kier molecular flexibility index (Phi) is 11.8. The molecule has 3 N–H and O–H groups in total. The van der Waals surface area contributed by atoms with Crippen LogP contribution in [-0.2, 0) is 9.47 Å². The molecule has 1 heterocycles. The average Bonchev–Trinajstić information content (AvgIpc) is 2.57. The topological polar surface area (TPSA) is 79.2 Å². The van der Waals surface area contributed by atoms with Gasteiger partial charge >= 0.3 is 0 Å². The fourth-order valence-corrected chi connectivity index (χ4v) is 3.05. The summed E-state index contributed by atoms with van der Waals surface area (Å²) >= 11 is 5.19. The van der Waals surface area contributed by atoms with E-state index in [4.69, 9.17) is 21.7 Å². The van der Waals surface area contributed by atoms with Gasteiger partial charge in [0.1, 0.15) is 31.0 Å². The van der Waals surface area contributed by atoms with Crippen LogP contribution in [0.4, 0.5) is 0 Å². The Labute approximate surface area is 151 Å². The maximum Gasteiger partial charge on any atom is 0.159 e. The summed E-state index contributed by atoms with van der Waals surface area (Å²) in [6, 6.07) is 0. The van der Waals surface area contributed by atoms with E-state index in [0.717, 1.165) is 19.3 Å². The zero-order chi connectivity index (χ0) is 17.8. The first kappa shape index (κ1) is 21.8. The number of hydrogen-bond acceptors (Lipinski definition) is 6. The highest BCUT2D eigenvalue weighted by atomic mass is 32.1. The second-order valence-electron chi connectivity index (χ2n) is 6.68. The van der Waals surface area contributed by atoms with Gasteiger partial charge in [0.25, 0.3) is 0 Å². The summed E-state index contributed by atoms with van der Waals surface area (Å²) in [6.07, 6.45) is 8.06. The van der Waals surface area contributed by atoms with Crippen molar-refractivity contribution in [3.05, 3.63) is 0 Å². The molecule has 5 nitrogen and oxygen atoms in total. The molecule has 0 bridgehead atoms. The van der Waals surface area contributed by atoms with Crippen LogP contribution in [0.1, 0.15) is 71.1 Å². The van der Waals surface area contributed by atoms with Crippen molar-refractivity contribution in [2.75, 3.05) is 13.2 Å². The third-order valence-electron chi connectivity index (χ3n) is 4.50. The zero-order valence-corrected chi connectivity index (χ0v) is 15.7. The Morgan fingerprint density at radius 1 is 0.958 bits per heavy atom. The molecule has 0 aromatic carbocycles. The summed E-state index contributed by atoms with van der Waals surface area (Å²) in [5.74, 6) is 0. The van der Waals surface area contributed by atoms with E-state index in [-0.39, 0.29) is 13.2 Å². The van der Waals surface area contributed by atoms with Crippen molar-refractivity contribution < 1.29 is 24.8 Å². The Hall–Kier alpha value is -0.270. The molecule has 1 aliphatic rings. The average molecular weight is 363 g/mol. The molecule has 0 aliphatic carbocycles. The van der Waals surface area contributed by atoms with E-state index in [2.05, 4.69) is 6.92 Å². The lowest BCUT2D eigenvalue weighted by Gasteiger charge is -2.34. The molecule has 6 heteroatoms. The Morgan fingerprint density at radius 3 is 2.17 bits per heavy atom. The highest BCUT2D eigenvalue weighted by Crippen LogP contribution is 2.16. The summed E-state index contributed by atoms with van der Waals surface area (Å²) in [4.78, 5) is 0. The summed E-state index contributed by atoms with van der Waals surface area (Å²) in [5, 5.41) is 29.3. The zero-order valence-electron chi connectivity index (χ0n) is 14.9. The van der Waals surface area contributed by atoms with Crippen LogP contribution in [0.25, 0.3) is 0 Å². The van der Waals surface area contributed by atoms with Crippen molar-refractivity contribution in [3.8, 4) is 0 Å². The van der Waals surface area contributed by atoms with Crippen molar-refractivity contribution in [1.82, 2.24) is 0 Å². The predicted octanol–water partition coefficient (Wildman–Crippen LogP) is 2.73. The molecule has 0 radical (unpaired) electrons. The van der Waals surface area contributed by atoms with E-state index in [1.807, 2.05) is 0 Å². The van der Waals surface area contributed by atoms with E-state index < -0.39 is 24.4 Å². The molecule has 0 spiro atoms. The molecule has 0 saturated carbocycles. The summed E-state index contributed by atoms with van der Waals surface area (Å²) in [7, 11) is 0. The first-order chi connectivity index (χ1) is 11.6. The second kappa shape index (κ2) is 13.0. The minimum absolute atomic E-state index is 0.00271. The van der Waals surface area contributed by atoms with Gasteiger partial charge in [-0.2, -0.15) is 0 Å². The Bertz CT molecular complexity index is 339. The highest BCUT2D eigenvalue weighted by molar-refractivity contribution is 7.80. The van der Waals surface area contributed by atoms with Gasteiger partial charge in [-0.05, 0) is 18.6 Å². The van der Waals surface area contributed by atoms with E-state index in [9.17, 15) is 15.3 Å². The van der Waals surface area contributed by atoms with Crippen LogP contribution in [0.2, 0.25) is 0 Å². The SMILES string of the molecule is CCCCCCCCCCCC(=S)OC[C@H]1OC[C@H](O)[C@@H](O)[C@@H]1O. The molecule has 0 aromatic heterocycles. The van der Waals surface area contributed by atoms with E-state index in [1.54, 1.807) is 0 Å². The molecular formula is C18H34O5S. The van der Waals surface area contributed by atoms with E-state index in [0.29, 0.717) is 5.05 Å². The summed E-state index contributed by atoms with van der Waals surface area (Å²) in [6.45, 7) is 2.34. The minimum Gasteiger partial charge on any atom is -0.484 e. The third kappa shape index (κ3) is 8.72. The maximum absolute atomic E-state index is 9.81. The van der Waals surface area contributed by atoms with Gasteiger partial charge in [-0.15, -0.1) is 0 Å². The minimum atomic E-state index is -1.20. The molecule has 1 rings (SSSR count).